The summed E-state index contributed by atoms with van der Waals surface area (Å²) in [4.78, 5) is 22.9. The molecule has 0 radical (unpaired) electrons. The number of carbonyl (C=O) groups is 2. The lowest BCUT2D eigenvalue weighted by Gasteiger charge is -2.12. The third kappa shape index (κ3) is 6.03. The van der Waals surface area contributed by atoms with Crippen LogP contribution in [0, 0.1) is 0 Å². The maximum atomic E-state index is 11.7. The molecule has 1 aromatic carbocycles. The summed E-state index contributed by atoms with van der Waals surface area (Å²) in [5.41, 5.74) is -0.111. The molecule has 8 heteroatoms. The van der Waals surface area contributed by atoms with Gasteiger partial charge in [0.25, 0.3) is 0 Å². The lowest BCUT2D eigenvalue weighted by Crippen LogP contribution is -2.30. The Balaban J connectivity index is 2.65. The molecule has 0 saturated heterocycles. The average Bonchev–Trinajstić information content (AvgIpc) is 2.41. The van der Waals surface area contributed by atoms with Crippen LogP contribution in [0.1, 0.15) is 23.2 Å². The minimum Gasteiger partial charge on any atom is -0.478 e. The molecule has 0 saturated carbocycles. The minimum absolute atomic E-state index is 0.0372. The molecule has 2 amide bonds. The Morgan fingerprint density at radius 2 is 2.00 bits per heavy atom. The number of benzene rings is 1. The van der Waals surface area contributed by atoms with Crippen molar-refractivity contribution in [2.75, 3.05) is 23.9 Å². The van der Waals surface area contributed by atoms with Crippen molar-refractivity contribution >= 4 is 52.7 Å². The predicted molar refractivity (Wildman–Crippen MR) is 88.1 cm³/mol. The summed E-state index contributed by atoms with van der Waals surface area (Å²) in [6, 6.07) is 2.12. The van der Waals surface area contributed by atoms with Crippen LogP contribution in [0.15, 0.2) is 12.1 Å². The van der Waals surface area contributed by atoms with E-state index in [2.05, 4.69) is 10.6 Å². The Hall–Kier alpha value is -1.11. The Kier molecular flexibility index (Phi) is 7.71. The molecule has 3 N–H and O–H groups in total. The van der Waals surface area contributed by atoms with Gasteiger partial charge in [0.05, 0.1) is 16.3 Å². The molecule has 0 fully saturated rings. The van der Waals surface area contributed by atoms with Gasteiger partial charge in [0, 0.05) is 11.6 Å². The van der Waals surface area contributed by atoms with Gasteiger partial charge >= 0.3 is 12.0 Å². The molecule has 1 rings (SSSR count). The van der Waals surface area contributed by atoms with Gasteiger partial charge in [-0.15, -0.1) is 0 Å². The number of unbranched alkanes of at least 4 members (excludes halogenated alkanes) is 1. The summed E-state index contributed by atoms with van der Waals surface area (Å²) in [5, 5.41) is 14.5. The van der Waals surface area contributed by atoms with Gasteiger partial charge in [-0.1, -0.05) is 23.2 Å². The van der Waals surface area contributed by atoms with E-state index in [0.29, 0.717) is 6.54 Å². The molecule has 0 spiro atoms. The van der Waals surface area contributed by atoms with Gasteiger partial charge in [0.2, 0.25) is 0 Å². The number of hydrogen-bond acceptors (Lipinski definition) is 3. The quantitative estimate of drug-likeness (QED) is 0.650. The standard InChI is InChI=1S/C13H16Cl2N2O3S/c1-21-5-3-2-4-16-13(20)17-11-9(12(18)19)6-8(14)7-10(11)15/h6-7H,2-5H2,1H3,(H,18,19)(H2,16,17,20). The topological polar surface area (TPSA) is 78.4 Å². The summed E-state index contributed by atoms with van der Waals surface area (Å²) >= 11 is 13.4. The third-order valence-corrected chi connectivity index (χ3v) is 3.80. The molecule has 1 aromatic rings. The van der Waals surface area contributed by atoms with Crippen LogP contribution < -0.4 is 10.6 Å². The van der Waals surface area contributed by atoms with Crippen LogP contribution in [0.2, 0.25) is 10.0 Å². The van der Waals surface area contributed by atoms with Crippen molar-refractivity contribution in [2.24, 2.45) is 0 Å². The number of aromatic carboxylic acids is 1. The van der Waals surface area contributed by atoms with Gasteiger partial charge in [-0.2, -0.15) is 11.8 Å². The second-order valence-corrected chi connectivity index (χ2v) is 6.03. The molecule has 0 aliphatic carbocycles. The van der Waals surface area contributed by atoms with Crippen molar-refractivity contribution in [3.05, 3.63) is 27.7 Å². The number of carboxylic acid groups (broad SMARTS) is 1. The van der Waals surface area contributed by atoms with Crippen LogP contribution in [0.3, 0.4) is 0 Å². The molecule has 0 heterocycles. The number of nitrogens with one attached hydrogen (secondary N) is 2. The largest absolute Gasteiger partial charge is 0.478 e. The van der Waals surface area contributed by atoms with Gasteiger partial charge in [-0.05, 0) is 37.0 Å². The molecule has 0 aliphatic heterocycles. The molecule has 116 valence electrons. The van der Waals surface area contributed by atoms with E-state index in [1.54, 1.807) is 11.8 Å². The second-order valence-electron chi connectivity index (χ2n) is 4.20. The van der Waals surface area contributed by atoms with Crippen molar-refractivity contribution in [3.63, 3.8) is 0 Å². The summed E-state index contributed by atoms with van der Waals surface area (Å²) < 4.78 is 0. The monoisotopic (exact) mass is 350 g/mol. The number of amides is 2. The Labute approximate surface area is 137 Å². The molecule has 0 unspecified atom stereocenters. The molecule has 0 atom stereocenters. The molecule has 0 aliphatic rings. The summed E-state index contributed by atoms with van der Waals surface area (Å²) in [5.74, 6) is -0.176. The molecule has 0 aromatic heterocycles. The van der Waals surface area contributed by atoms with E-state index in [-0.39, 0.29) is 21.3 Å². The number of halogens is 2. The molecule has 0 bridgehead atoms. The fraction of sp³-hybridized carbons (Fsp3) is 0.385. The van der Waals surface area contributed by atoms with Crippen molar-refractivity contribution in [2.45, 2.75) is 12.8 Å². The Morgan fingerprint density at radius 1 is 1.29 bits per heavy atom. The molecule has 21 heavy (non-hydrogen) atoms. The number of carboxylic acids is 1. The number of carbonyl (C=O) groups excluding carboxylic acids is 1. The third-order valence-electron chi connectivity index (χ3n) is 2.58. The maximum absolute atomic E-state index is 11.7. The van der Waals surface area contributed by atoms with Crippen LogP contribution in [-0.2, 0) is 0 Å². The SMILES string of the molecule is CSCCCCNC(=O)Nc1c(Cl)cc(Cl)cc1C(=O)O. The van der Waals surface area contributed by atoms with Gasteiger partial charge in [0.1, 0.15) is 0 Å². The summed E-state index contributed by atoms with van der Waals surface area (Å²) in [6.45, 7) is 0.514. The predicted octanol–water partition coefficient (Wildman–Crippen LogP) is 3.96. The Morgan fingerprint density at radius 3 is 2.62 bits per heavy atom. The molecular weight excluding hydrogens is 335 g/mol. The first-order chi connectivity index (χ1) is 9.95. The van der Waals surface area contributed by atoms with E-state index in [1.165, 1.54) is 12.1 Å². The fourth-order valence-electron chi connectivity index (χ4n) is 1.60. The Bertz CT molecular complexity index is 526. The highest BCUT2D eigenvalue weighted by Gasteiger charge is 2.17. The lowest BCUT2D eigenvalue weighted by atomic mass is 10.2. The maximum Gasteiger partial charge on any atom is 0.337 e. The number of hydrogen-bond donors (Lipinski definition) is 3. The van der Waals surface area contributed by atoms with Crippen LogP contribution in [0.25, 0.3) is 0 Å². The van der Waals surface area contributed by atoms with Gasteiger partial charge in [-0.25, -0.2) is 9.59 Å². The summed E-state index contributed by atoms with van der Waals surface area (Å²) in [6.07, 6.45) is 3.88. The van der Waals surface area contributed by atoms with Crippen molar-refractivity contribution in [3.8, 4) is 0 Å². The van der Waals surface area contributed by atoms with Crippen molar-refractivity contribution in [1.82, 2.24) is 5.32 Å². The van der Waals surface area contributed by atoms with Gasteiger partial charge in [-0.3, -0.25) is 0 Å². The second kappa shape index (κ2) is 9.02. The number of urea groups is 1. The number of rotatable bonds is 7. The fourth-order valence-corrected chi connectivity index (χ4v) is 2.63. The highest BCUT2D eigenvalue weighted by molar-refractivity contribution is 7.98. The van der Waals surface area contributed by atoms with E-state index in [0.717, 1.165) is 18.6 Å². The van der Waals surface area contributed by atoms with Gasteiger partial charge in [0.15, 0.2) is 0 Å². The average molecular weight is 351 g/mol. The smallest absolute Gasteiger partial charge is 0.337 e. The van der Waals surface area contributed by atoms with Gasteiger partial charge < -0.3 is 15.7 Å². The first kappa shape index (κ1) is 17.9. The van der Waals surface area contributed by atoms with E-state index >= 15 is 0 Å². The van der Waals surface area contributed by atoms with Crippen LogP contribution in [0.4, 0.5) is 10.5 Å². The highest BCUT2D eigenvalue weighted by Crippen LogP contribution is 2.30. The van der Waals surface area contributed by atoms with Crippen LogP contribution in [-0.4, -0.2) is 35.7 Å². The van der Waals surface area contributed by atoms with E-state index in [4.69, 9.17) is 28.3 Å². The van der Waals surface area contributed by atoms with Crippen LogP contribution in [0.5, 0.6) is 0 Å². The van der Waals surface area contributed by atoms with Crippen molar-refractivity contribution < 1.29 is 14.7 Å². The number of thioether (sulfide) groups is 1. The van der Waals surface area contributed by atoms with Crippen molar-refractivity contribution in [1.29, 1.82) is 0 Å². The summed E-state index contributed by atoms with van der Waals surface area (Å²) in [7, 11) is 0. The zero-order valence-corrected chi connectivity index (χ0v) is 13.7. The molecular formula is C13H16Cl2N2O3S. The normalized spacial score (nSPS) is 10.2. The van der Waals surface area contributed by atoms with E-state index < -0.39 is 12.0 Å². The first-order valence-electron chi connectivity index (χ1n) is 6.21. The number of anilines is 1. The lowest BCUT2D eigenvalue weighted by molar-refractivity contribution is 0.0698. The van der Waals surface area contributed by atoms with E-state index in [9.17, 15) is 9.59 Å². The van der Waals surface area contributed by atoms with Crippen LogP contribution >= 0.6 is 35.0 Å². The zero-order chi connectivity index (χ0) is 15.8. The minimum atomic E-state index is -1.21. The van der Waals surface area contributed by atoms with E-state index in [1.807, 2.05) is 6.26 Å². The highest BCUT2D eigenvalue weighted by atomic mass is 35.5. The molecule has 5 nitrogen and oxygen atoms in total. The zero-order valence-electron chi connectivity index (χ0n) is 11.4. The first-order valence-corrected chi connectivity index (χ1v) is 8.36.